The van der Waals surface area contributed by atoms with Crippen molar-refractivity contribution in [3.05, 3.63) is 110 Å². The van der Waals surface area contributed by atoms with Crippen molar-refractivity contribution >= 4 is 11.6 Å². The fraction of sp³-hybridized carbons (Fsp3) is 0.200. The molecule has 0 saturated heterocycles. The lowest BCUT2D eigenvalue weighted by Gasteiger charge is -2.20. The number of aromatic nitrogens is 3. The molecule has 4 rings (SSSR count). The van der Waals surface area contributed by atoms with E-state index < -0.39 is 35.7 Å². The summed E-state index contributed by atoms with van der Waals surface area (Å²) in [5.41, 5.74) is 2.00. The molecule has 0 saturated carbocycles. The van der Waals surface area contributed by atoms with Gasteiger partial charge in [0.25, 0.3) is 5.56 Å². The molecule has 10 heteroatoms. The van der Waals surface area contributed by atoms with Crippen molar-refractivity contribution in [1.82, 2.24) is 14.1 Å². The van der Waals surface area contributed by atoms with Gasteiger partial charge in [-0.05, 0) is 48.4 Å². The number of nitrogens with zero attached hydrogens (tertiary/aromatic N) is 3. The fourth-order valence-corrected chi connectivity index (χ4v) is 4.16. The maximum absolute atomic E-state index is 13.8. The van der Waals surface area contributed by atoms with Crippen LogP contribution in [0.3, 0.4) is 0 Å². The molecule has 2 aromatic heterocycles. The van der Waals surface area contributed by atoms with Crippen LogP contribution in [0.5, 0.6) is 5.75 Å². The summed E-state index contributed by atoms with van der Waals surface area (Å²) in [6.45, 7) is 1.20. The van der Waals surface area contributed by atoms with E-state index in [-0.39, 0.29) is 22.6 Å². The molecular formula is C25H21ClF3N3O3. The first-order valence-electron chi connectivity index (χ1n) is 10.6. The van der Waals surface area contributed by atoms with E-state index >= 15 is 0 Å². The molecule has 0 spiro atoms. The van der Waals surface area contributed by atoms with Crippen LogP contribution in [0.2, 0.25) is 5.02 Å². The number of hydrogen-bond acceptors (Lipinski definition) is 4. The van der Waals surface area contributed by atoms with E-state index in [9.17, 15) is 23.1 Å². The zero-order valence-electron chi connectivity index (χ0n) is 18.8. The van der Waals surface area contributed by atoms with Gasteiger partial charge in [0.05, 0.1) is 42.5 Å². The summed E-state index contributed by atoms with van der Waals surface area (Å²) < 4.78 is 49.4. The molecule has 0 aliphatic heterocycles. The molecule has 1 unspecified atom stereocenters. The van der Waals surface area contributed by atoms with E-state index in [4.69, 9.17) is 16.3 Å². The summed E-state index contributed by atoms with van der Waals surface area (Å²) in [4.78, 5) is 17.5. The van der Waals surface area contributed by atoms with Crippen molar-refractivity contribution in [2.24, 2.45) is 0 Å². The van der Waals surface area contributed by atoms with E-state index in [2.05, 4.69) is 4.98 Å². The van der Waals surface area contributed by atoms with Gasteiger partial charge in [-0.1, -0.05) is 17.7 Å². The van der Waals surface area contributed by atoms with Crippen molar-refractivity contribution < 1.29 is 23.0 Å². The minimum atomic E-state index is -1.63. The Bertz CT molecular complexity index is 1430. The van der Waals surface area contributed by atoms with Gasteiger partial charge < -0.3 is 19.0 Å². The van der Waals surface area contributed by atoms with Crippen LogP contribution in [0.1, 0.15) is 28.4 Å². The zero-order chi connectivity index (χ0) is 25.3. The molecule has 0 radical (unpaired) electrons. The van der Waals surface area contributed by atoms with Crippen LogP contribution in [0.25, 0.3) is 5.69 Å². The van der Waals surface area contributed by atoms with Gasteiger partial charge in [-0.25, -0.2) is 18.2 Å². The van der Waals surface area contributed by atoms with Gasteiger partial charge in [-0.2, -0.15) is 0 Å². The lowest BCUT2D eigenvalue weighted by atomic mass is 10.0. The largest absolute Gasteiger partial charge is 0.495 e. The summed E-state index contributed by atoms with van der Waals surface area (Å²) in [6.07, 6.45) is 4.95. The van der Waals surface area contributed by atoms with Gasteiger partial charge in [0.15, 0.2) is 17.5 Å². The summed E-state index contributed by atoms with van der Waals surface area (Å²) in [5.74, 6) is -3.91. The summed E-state index contributed by atoms with van der Waals surface area (Å²) in [5, 5.41) is 10.1. The molecule has 2 heterocycles. The quantitative estimate of drug-likeness (QED) is 0.374. The Hall–Kier alpha value is -3.56. The zero-order valence-corrected chi connectivity index (χ0v) is 19.6. The Morgan fingerprint density at radius 3 is 2.43 bits per heavy atom. The third kappa shape index (κ3) is 4.96. The Labute approximate surface area is 203 Å². The molecule has 35 heavy (non-hydrogen) atoms. The Morgan fingerprint density at radius 1 is 1.11 bits per heavy atom. The number of rotatable bonds is 7. The number of pyridine rings is 1. The highest BCUT2D eigenvalue weighted by Crippen LogP contribution is 2.27. The molecule has 0 fully saturated rings. The number of aryl methyl sites for hydroxylation is 1. The molecule has 4 aromatic rings. The van der Waals surface area contributed by atoms with Crippen molar-refractivity contribution in [2.45, 2.75) is 19.4 Å². The molecule has 0 amide bonds. The third-order valence-electron chi connectivity index (χ3n) is 5.61. The van der Waals surface area contributed by atoms with Crippen molar-refractivity contribution in [3.8, 4) is 11.4 Å². The maximum Gasteiger partial charge on any atom is 0.254 e. The van der Waals surface area contributed by atoms with Crippen LogP contribution in [-0.2, 0) is 6.42 Å². The van der Waals surface area contributed by atoms with Crippen LogP contribution in [0.4, 0.5) is 13.2 Å². The van der Waals surface area contributed by atoms with Crippen LogP contribution >= 0.6 is 11.6 Å². The number of benzene rings is 2. The summed E-state index contributed by atoms with van der Waals surface area (Å²) >= 11 is 6.25. The maximum atomic E-state index is 13.8. The second-order valence-electron chi connectivity index (χ2n) is 8.00. The van der Waals surface area contributed by atoms with Crippen LogP contribution in [-0.4, -0.2) is 32.9 Å². The van der Waals surface area contributed by atoms with E-state index in [1.54, 1.807) is 12.4 Å². The number of ether oxygens (including phenoxy) is 1. The number of methoxy groups -OCH3 is 1. The van der Waals surface area contributed by atoms with Gasteiger partial charge >= 0.3 is 0 Å². The van der Waals surface area contributed by atoms with Crippen LogP contribution < -0.4 is 10.3 Å². The van der Waals surface area contributed by atoms with E-state index in [0.717, 1.165) is 33.6 Å². The van der Waals surface area contributed by atoms with Gasteiger partial charge in [0.2, 0.25) is 0 Å². The minimum absolute atomic E-state index is 0.110. The van der Waals surface area contributed by atoms with Gasteiger partial charge in [0, 0.05) is 24.4 Å². The SMILES string of the molecule is COc1cc(Cc2cc(Cl)cn(C(CO)c3cc(F)c(F)c(F)c3)c2=O)ccc1-n1cnc(C)c1. The number of halogens is 4. The first kappa shape index (κ1) is 24.6. The Morgan fingerprint density at radius 2 is 1.83 bits per heavy atom. The number of aliphatic hydroxyl groups is 1. The minimum Gasteiger partial charge on any atom is -0.495 e. The lowest BCUT2D eigenvalue weighted by Crippen LogP contribution is -2.30. The van der Waals surface area contributed by atoms with Crippen molar-refractivity contribution in [2.75, 3.05) is 13.7 Å². The monoisotopic (exact) mass is 503 g/mol. The standard InChI is InChI=1S/C25H21ClF3N3O3/c1-14-10-31(13-30-14)21-4-3-15(6-23(21)35-2)5-17-7-18(26)11-32(25(17)34)22(12-33)16-8-19(27)24(29)20(28)9-16/h3-4,6-11,13,22,33H,5,12H2,1-2H3. The molecule has 6 nitrogen and oxygen atoms in total. The smallest absolute Gasteiger partial charge is 0.254 e. The van der Waals surface area contributed by atoms with E-state index in [0.29, 0.717) is 5.75 Å². The molecule has 1 N–H and O–H groups in total. The number of aliphatic hydroxyl groups excluding tert-OH is 1. The molecule has 1 atom stereocenters. The summed E-state index contributed by atoms with van der Waals surface area (Å²) in [7, 11) is 1.53. The Kier molecular flexibility index (Phi) is 7.00. The highest BCUT2D eigenvalue weighted by Gasteiger charge is 2.21. The van der Waals surface area contributed by atoms with Crippen LogP contribution in [0, 0.1) is 24.4 Å². The highest BCUT2D eigenvalue weighted by atomic mass is 35.5. The van der Waals surface area contributed by atoms with Crippen LogP contribution in [0.15, 0.2) is 59.9 Å². The number of imidazole rings is 1. The second kappa shape index (κ2) is 9.97. The molecule has 0 bridgehead atoms. The van der Waals surface area contributed by atoms with Gasteiger partial charge in [-0.15, -0.1) is 0 Å². The molecular weight excluding hydrogens is 483 g/mol. The predicted molar refractivity (Wildman–Crippen MR) is 125 cm³/mol. The molecule has 0 aliphatic carbocycles. The van der Waals surface area contributed by atoms with Gasteiger partial charge in [0.1, 0.15) is 5.75 Å². The normalized spacial score (nSPS) is 12.1. The molecule has 0 aliphatic rings. The first-order chi connectivity index (χ1) is 16.7. The first-order valence-corrected chi connectivity index (χ1v) is 10.9. The Balaban J connectivity index is 1.72. The highest BCUT2D eigenvalue weighted by molar-refractivity contribution is 6.30. The third-order valence-corrected chi connectivity index (χ3v) is 5.82. The average Bonchev–Trinajstić information content (AvgIpc) is 3.26. The molecule has 2 aromatic carbocycles. The van der Waals surface area contributed by atoms with Gasteiger partial charge in [-0.3, -0.25) is 4.79 Å². The molecule has 182 valence electrons. The number of hydrogen-bond donors (Lipinski definition) is 1. The topological polar surface area (TPSA) is 69.3 Å². The van der Waals surface area contributed by atoms with E-state index in [1.807, 2.05) is 29.8 Å². The average molecular weight is 504 g/mol. The summed E-state index contributed by atoms with van der Waals surface area (Å²) in [6, 6.07) is 7.24. The van der Waals surface area contributed by atoms with Crippen molar-refractivity contribution in [1.29, 1.82) is 0 Å². The predicted octanol–water partition coefficient (Wildman–Crippen LogP) is 4.59. The van der Waals surface area contributed by atoms with E-state index in [1.165, 1.54) is 19.4 Å². The lowest BCUT2D eigenvalue weighted by molar-refractivity contribution is 0.246. The van der Waals surface area contributed by atoms with Crippen molar-refractivity contribution in [3.63, 3.8) is 0 Å². The second-order valence-corrected chi connectivity index (χ2v) is 8.43. The fourth-order valence-electron chi connectivity index (χ4n) is 3.92.